The maximum Gasteiger partial charge on any atom is 0.242 e. The van der Waals surface area contributed by atoms with Gasteiger partial charge in [-0.25, -0.2) is 0 Å². The van der Waals surface area contributed by atoms with Crippen LogP contribution >= 0.6 is 0 Å². The summed E-state index contributed by atoms with van der Waals surface area (Å²) in [5, 5.41) is 0. The van der Waals surface area contributed by atoms with Gasteiger partial charge in [-0.05, 0) is 25.0 Å². The smallest absolute Gasteiger partial charge is 0.242 e. The minimum absolute atomic E-state index is 0.0186. The number of hydrogen-bond acceptors (Lipinski definition) is 4. The number of hydrogen-bond donors (Lipinski definition) is 1. The second-order valence-corrected chi connectivity index (χ2v) is 6.06. The summed E-state index contributed by atoms with van der Waals surface area (Å²) in [6.07, 6.45) is 4.78. The van der Waals surface area contributed by atoms with E-state index in [1.165, 1.54) is 6.42 Å². The lowest BCUT2D eigenvalue weighted by Gasteiger charge is -2.35. The van der Waals surface area contributed by atoms with Crippen molar-refractivity contribution in [2.24, 2.45) is 5.73 Å². The number of nitrogens with zero attached hydrogens (tertiary/aromatic N) is 1. The molecule has 0 heterocycles. The highest BCUT2D eigenvalue weighted by atomic mass is 16.5. The van der Waals surface area contributed by atoms with Crippen LogP contribution in [-0.2, 0) is 11.3 Å². The molecule has 0 bridgehead atoms. The van der Waals surface area contributed by atoms with Crippen LogP contribution in [0.2, 0.25) is 0 Å². The number of methoxy groups -OCH3 is 2. The zero-order valence-corrected chi connectivity index (χ0v) is 13.7. The zero-order chi connectivity index (χ0) is 16.2. The van der Waals surface area contributed by atoms with E-state index in [0.29, 0.717) is 12.3 Å². The van der Waals surface area contributed by atoms with Gasteiger partial charge in [-0.3, -0.25) is 4.79 Å². The molecule has 122 valence electrons. The van der Waals surface area contributed by atoms with Gasteiger partial charge < -0.3 is 20.1 Å². The fourth-order valence-corrected chi connectivity index (χ4v) is 3.09. The van der Waals surface area contributed by atoms with Crippen molar-refractivity contribution in [3.05, 3.63) is 23.8 Å². The summed E-state index contributed by atoms with van der Waals surface area (Å²) in [6.45, 7) is 0.477. The third-order valence-corrected chi connectivity index (χ3v) is 4.42. The Morgan fingerprint density at radius 1 is 1.23 bits per heavy atom. The summed E-state index contributed by atoms with van der Waals surface area (Å²) < 4.78 is 10.6. The van der Waals surface area contributed by atoms with E-state index in [0.717, 1.165) is 37.0 Å². The highest BCUT2D eigenvalue weighted by Gasteiger charge is 2.37. The normalized spacial score (nSPS) is 16.9. The standard InChI is InChI=1S/C17H26N2O3/c1-19(16(20)17(18)9-5-4-6-10-17)12-13-7-8-14(21-2)11-15(13)22-3/h7-8,11H,4-6,9-10,12,18H2,1-3H3. The molecule has 0 radical (unpaired) electrons. The van der Waals surface area contributed by atoms with E-state index in [4.69, 9.17) is 15.2 Å². The molecule has 5 nitrogen and oxygen atoms in total. The second-order valence-electron chi connectivity index (χ2n) is 6.06. The Morgan fingerprint density at radius 2 is 1.91 bits per heavy atom. The van der Waals surface area contributed by atoms with Crippen LogP contribution in [0.15, 0.2) is 18.2 Å². The van der Waals surface area contributed by atoms with E-state index in [2.05, 4.69) is 0 Å². The van der Waals surface area contributed by atoms with Crippen molar-refractivity contribution >= 4 is 5.91 Å². The van der Waals surface area contributed by atoms with Crippen LogP contribution < -0.4 is 15.2 Å². The Bertz CT molecular complexity index is 525. The van der Waals surface area contributed by atoms with Gasteiger partial charge in [0.25, 0.3) is 0 Å². The molecule has 2 N–H and O–H groups in total. The molecule has 1 aliphatic rings. The van der Waals surface area contributed by atoms with Gasteiger partial charge in [0, 0.05) is 25.2 Å². The van der Waals surface area contributed by atoms with Crippen LogP contribution in [0.4, 0.5) is 0 Å². The summed E-state index contributed by atoms with van der Waals surface area (Å²) in [5.74, 6) is 1.47. The monoisotopic (exact) mass is 306 g/mol. The van der Waals surface area contributed by atoms with Gasteiger partial charge in [-0.15, -0.1) is 0 Å². The SMILES string of the molecule is COc1ccc(CN(C)C(=O)C2(N)CCCCC2)c(OC)c1. The Kier molecular flexibility index (Phi) is 5.29. The quantitative estimate of drug-likeness (QED) is 0.906. The van der Waals surface area contributed by atoms with Gasteiger partial charge in [-0.2, -0.15) is 0 Å². The average molecular weight is 306 g/mol. The number of amides is 1. The summed E-state index contributed by atoms with van der Waals surface area (Å²) in [4.78, 5) is 14.4. The summed E-state index contributed by atoms with van der Waals surface area (Å²) in [6, 6.07) is 5.62. The number of benzene rings is 1. The molecule has 0 saturated heterocycles. The van der Waals surface area contributed by atoms with Crippen molar-refractivity contribution in [3.63, 3.8) is 0 Å². The van der Waals surface area contributed by atoms with Crippen molar-refractivity contribution in [2.75, 3.05) is 21.3 Å². The summed E-state index contributed by atoms with van der Waals surface area (Å²) >= 11 is 0. The van der Waals surface area contributed by atoms with Gasteiger partial charge in [0.2, 0.25) is 5.91 Å². The molecule has 1 amide bonds. The fraction of sp³-hybridized carbons (Fsp3) is 0.588. The van der Waals surface area contributed by atoms with Crippen molar-refractivity contribution in [1.82, 2.24) is 4.90 Å². The Hall–Kier alpha value is -1.75. The molecule has 5 heteroatoms. The lowest BCUT2D eigenvalue weighted by atomic mass is 9.81. The molecule has 0 spiro atoms. The molecule has 2 rings (SSSR count). The van der Waals surface area contributed by atoms with Crippen molar-refractivity contribution in [1.29, 1.82) is 0 Å². The van der Waals surface area contributed by atoms with E-state index < -0.39 is 5.54 Å². The largest absolute Gasteiger partial charge is 0.497 e. The van der Waals surface area contributed by atoms with Crippen LogP contribution in [0.5, 0.6) is 11.5 Å². The van der Waals surface area contributed by atoms with E-state index in [1.807, 2.05) is 18.2 Å². The Morgan fingerprint density at radius 3 is 2.50 bits per heavy atom. The second kappa shape index (κ2) is 7.01. The van der Waals surface area contributed by atoms with E-state index in [-0.39, 0.29) is 5.91 Å². The van der Waals surface area contributed by atoms with Gasteiger partial charge in [-0.1, -0.05) is 19.3 Å². The fourth-order valence-electron chi connectivity index (χ4n) is 3.09. The lowest BCUT2D eigenvalue weighted by molar-refractivity contribution is -0.137. The van der Waals surface area contributed by atoms with Gasteiger partial charge in [0.05, 0.1) is 19.8 Å². The maximum atomic E-state index is 12.7. The number of rotatable bonds is 5. The first-order valence-electron chi connectivity index (χ1n) is 7.75. The summed E-state index contributed by atoms with van der Waals surface area (Å²) in [5.41, 5.74) is 6.57. The highest BCUT2D eigenvalue weighted by Crippen LogP contribution is 2.29. The minimum Gasteiger partial charge on any atom is -0.497 e. The third kappa shape index (κ3) is 3.53. The van der Waals surface area contributed by atoms with Gasteiger partial charge in [0.15, 0.2) is 0 Å². The molecule has 1 fully saturated rings. The Balaban J connectivity index is 2.11. The first-order chi connectivity index (χ1) is 10.5. The van der Waals surface area contributed by atoms with Crippen LogP contribution in [-0.4, -0.2) is 37.6 Å². The molecule has 1 aliphatic carbocycles. The molecule has 22 heavy (non-hydrogen) atoms. The molecular formula is C17H26N2O3. The predicted octanol–water partition coefficient (Wildman–Crippen LogP) is 2.32. The van der Waals surface area contributed by atoms with Crippen LogP contribution in [0.3, 0.4) is 0 Å². The topological polar surface area (TPSA) is 64.8 Å². The van der Waals surface area contributed by atoms with Crippen LogP contribution in [0.1, 0.15) is 37.7 Å². The maximum absolute atomic E-state index is 12.7. The highest BCUT2D eigenvalue weighted by molar-refractivity contribution is 5.86. The minimum atomic E-state index is -0.702. The molecular weight excluding hydrogens is 280 g/mol. The first kappa shape index (κ1) is 16.6. The van der Waals surface area contributed by atoms with E-state index >= 15 is 0 Å². The molecule has 1 aromatic rings. The van der Waals surface area contributed by atoms with E-state index in [1.54, 1.807) is 26.2 Å². The number of ether oxygens (including phenoxy) is 2. The first-order valence-corrected chi connectivity index (χ1v) is 7.75. The Labute approximate surface area is 132 Å². The van der Waals surface area contributed by atoms with Gasteiger partial charge >= 0.3 is 0 Å². The number of carbonyl (C=O) groups excluding carboxylic acids is 1. The average Bonchev–Trinajstić information content (AvgIpc) is 2.55. The third-order valence-electron chi connectivity index (χ3n) is 4.42. The molecule has 0 unspecified atom stereocenters. The lowest BCUT2D eigenvalue weighted by Crippen LogP contribution is -2.55. The molecule has 0 aliphatic heterocycles. The number of nitrogens with two attached hydrogens (primary N) is 1. The summed E-state index contributed by atoms with van der Waals surface area (Å²) in [7, 11) is 5.03. The molecule has 0 atom stereocenters. The number of carbonyl (C=O) groups is 1. The van der Waals surface area contributed by atoms with Crippen molar-refractivity contribution < 1.29 is 14.3 Å². The number of likely N-dealkylation sites (N-methyl/N-ethyl adjacent to an activating group) is 1. The molecule has 1 saturated carbocycles. The van der Waals surface area contributed by atoms with Crippen molar-refractivity contribution in [3.8, 4) is 11.5 Å². The predicted molar refractivity (Wildman–Crippen MR) is 86.0 cm³/mol. The van der Waals surface area contributed by atoms with Crippen LogP contribution in [0, 0.1) is 0 Å². The van der Waals surface area contributed by atoms with Crippen LogP contribution in [0.25, 0.3) is 0 Å². The van der Waals surface area contributed by atoms with Gasteiger partial charge in [0.1, 0.15) is 11.5 Å². The molecule has 0 aromatic heterocycles. The zero-order valence-electron chi connectivity index (χ0n) is 13.7. The molecule has 1 aromatic carbocycles. The van der Waals surface area contributed by atoms with Crippen molar-refractivity contribution in [2.45, 2.75) is 44.2 Å². The van der Waals surface area contributed by atoms with E-state index in [9.17, 15) is 4.79 Å².